The quantitative estimate of drug-likeness (QED) is 0.855. The topological polar surface area (TPSA) is 74.9 Å². The van der Waals surface area contributed by atoms with E-state index >= 15 is 0 Å². The molecule has 5 heteroatoms. The van der Waals surface area contributed by atoms with Gasteiger partial charge in [0.15, 0.2) is 0 Å². The molecule has 0 spiro atoms. The number of carbonyl (C=O) groups excluding carboxylic acids is 1. The van der Waals surface area contributed by atoms with Crippen molar-refractivity contribution in [2.24, 2.45) is 0 Å². The van der Waals surface area contributed by atoms with Gasteiger partial charge in [0.1, 0.15) is 18.2 Å². The molecule has 0 unspecified atom stereocenters. The fraction of sp³-hybridized carbons (Fsp3) is 0.462. The van der Waals surface area contributed by atoms with Gasteiger partial charge in [-0.1, -0.05) is 12.8 Å². The Labute approximate surface area is 105 Å². The number of nitrogens with zero attached hydrogens (tertiary/aromatic N) is 2. The van der Waals surface area contributed by atoms with Crippen molar-refractivity contribution in [2.75, 3.05) is 0 Å². The molecular formula is C13H15N3O2. The standard InChI is InChI=1S/C13H15N3O2/c14-8-10-4-3-7-16(13(10)18)9-12(17)15-11-5-1-2-6-11/h3-4,7,11H,1-2,5-6,9H2,(H,15,17). The van der Waals surface area contributed by atoms with Gasteiger partial charge in [-0.25, -0.2) is 0 Å². The summed E-state index contributed by atoms with van der Waals surface area (Å²) in [5.74, 6) is -0.168. The van der Waals surface area contributed by atoms with Gasteiger partial charge in [0, 0.05) is 12.2 Å². The van der Waals surface area contributed by atoms with E-state index in [1.807, 2.05) is 6.07 Å². The first-order valence-electron chi connectivity index (χ1n) is 6.09. The van der Waals surface area contributed by atoms with Gasteiger partial charge in [-0.3, -0.25) is 9.59 Å². The number of carbonyl (C=O) groups is 1. The van der Waals surface area contributed by atoms with E-state index in [1.54, 1.807) is 6.07 Å². The lowest BCUT2D eigenvalue weighted by molar-refractivity contribution is -0.122. The summed E-state index contributed by atoms with van der Waals surface area (Å²) in [5.41, 5.74) is -0.354. The van der Waals surface area contributed by atoms with Gasteiger partial charge in [0.05, 0.1) is 0 Å². The van der Waals surface area contributed by atoms with Gasteiger partial charge < -0.3 is 9.88 Å². The number of hydrogen-bond acceptors (Lipinski definition) is 3. The fourth-order valence-corrected chi connectivity index (χ4v) is 2.24. The number of pyridine rings is 1. The molecule has 0 radical (unpaired) electrons. The molecule has 1 N–H and O–H groups in total. The summed E-state index contributed by atoms with van der Waals surface area (Å²) in [6.07, 6.45) is 5.85. The minimum absolute atomic E-state index is 0.0230. The van der Waals surface area contributed by atoms with Crippen molar-refractivity contribution in [2.45, 2.75) is 38.3 Å². The number of aromatic nitrogens is 1. The summed E-state index contributed by atoms with van der Waals surface area (Å²) in [6.45, 7) is -0.0230. The van der Waals surface area contributed by atoms with E-state index in [0.717, 1.165) is 25.7 Å². The number of nitrogens with one attached hydrogen (secondary N) is 1. The second-order valence-electron chi connectivity index (χ2n) is 4.52. The van der Waals surface area contributed by atoms with E-state index < -0.39 is 5.56 Å². The Balaban J connectivity index is 2.03. The molecule has 0 aromatic carbocycles. The molecule has 94 valence electrons. The number of hydrogen-bond donors (Lipinski definition) is 1. The summed E-state index contributed by atoms with van der Waals surface area (Å²) in [4.78, 5) is 23.5. The van der Waals surface area contributed by atoms with Gasteiger partial charge in [-0.2, -0.15) is 5.26 Å². The van der Waals surface area contributed by atoms with Crippen molar-refractivity contribution in [3.8, 4) is 6.07 Å². The van der Waals surface area contributed by atoms with E-state index in [9.17, 15) is 9.59 Å². The first-order chi connectivity index (χ1) is 8.70. The number of nitriles is 1. The second kappa shape index (κ2) is 5.50. The molecule has 1 amide bonds. The van der Waals surface area contributed by atoms with Crippen LogP contribution in [0.2, 0.25) is 0 Å². The molecule has 0 aliphatic heterocycles. The molecule has 2 rings (SSSR count). The third kappa shape index (κ3) is 2.77. The molecule has 1 heterocycles. The lowest BCUT2D eigenvalue weighted by Gasteiger charge is -2.12. The van der Waals surface area contributed by atoms with Crippen molar-refractivity contribution in [3.05, 3.63) is 34.2 Å². The van der Waals surface area contributed by atoms with Crippen LogP contribution in [0.1, 0.15) is 31.2 Å². The lowest BCUT2D eigenvalue weighted by Crippen LogP contribution is -2.37. The van der Waals surface area contributed by atoms with Crippen LogP contribution in [0.4, 0.5) is 0 Å². The summed E-state index contributed by atoms with van der Waals surface area (Å²) in [7, 11) is 0. The molecule has 1 aromatic heterocycles. The Morgan fingerprint density at radius 2 is 2.22 bits per heavy atom. The molecule has 0 atom stereocenters. The summed E-state index contributed by atoms with van der Waals surface area (Å²) in [6, 6.07) is 5.11. The zero-order valence-corrected chi connectivity index (χ0v) is 10.1. The highest BCUT2D eigenvalue weighted by molar-refractivity contribution is 5.76. The first kappa shape index (κ1) is 12.4. The maximum absolute atomic E-state index is 11.8. The first-order valence-corrected chi connectivity index (χ1v) is 6.09. The van der Waals surface area contributed by atoms with Gasteiger partial charge in [0.25, 0.3) is 5.56 Å². The third-order valence-electron chi connectivity index (χ3n) is 3.17. The Morgan fingerprint density at radius 1 is 1.50 bits per heavy atom. The highest BCUT2D eigenvalue weighted by Gasteiger charge is 2.17. The van der Waals surface area contributed by atoms with Gasteiger partial charge in [0.2, 0.25) is 5.91 Å². The van der Waals surface area contributed by atoms with Crippen molar-refractivity contribution in [1.82, 2.24) is 9.88 Å². The molecule has 1 aliphatic rings. The summed E-state index contributed by atoms with van der Waals surface area (Å²) < 4.78 is 1.27. The monoisotopic (exact) mass is 245 g/mol. The zero-order chi connectivity index (χ0) is 13.0. The highest BCUT2D eigenvalue weighted by atomic mass is 16.2. The molecule has 0 saturated heterocycles. The third-order valence-corrected chi connectivity index (χ3v) is 3.17. The largest absolute Gasteiger partial charge is 0.352 e. The molecule has 5 nitrogen and oxygen atoms in total. The smallest absolute Gasteiger partial charge is 0.268 e. The Kier molecular flexibility index (Phi) is 3.78. The maximum Gasteiger partial charge on any atom is 0.268 e. The number of amides is 1. The normalized spacial score (nSPS) is 15.3. The van der Waals surface area contributed by atoms with Crippen molar-refractivity contribution >= 4 is 5.91 Å². The molecule has 18 heavy (non-hydrogen) atoms. The average molecular weight is 245 g/mol. The maximum atomic E-state index is 11.8. The van der Waals surface area contributed by atoms with E-state index in [4.69, 9.17) is 5.26 Å². The van der Waals surface area contributed by atoms with Crippen LogP contribution in [-0.2, 0) is 11.3 Å². The zero-order valence-electron chi connectivity index (χ0n) is 10.1. The van der Waals surface area contributed by atoms with Crippen LogP contribution in [0.5, 0.6) is 0 Å². The van der Waals surface area contributed by atoms with Crippen LogP contribution in [0.3, 0.4) is 0 Å². The molecule has 1 fully saturated rings. The molecular weight excluding hydrogens is 230 g/mol. The Morgan fingerprint density at radius 3 is 2.89 bits per heavy atom. The minimum Gasteiger partial charge on any atom is -0.352 e. The van der Waals surface area contributed by atoms with E-state index in [0.29, 0.717) is 0 Å². The van der Waals surface area contributed by atoms with Crippen LogP contribution in [-0.4, -0.2) is 16.5 Å². The van der Waals surface area contributed by atoms with Crippen molar-refractivity contribution in [1.29, 1.82) is 5.26 Å². The molecule has 1 aliphatic carbocycles. The number of rotatable bonds is 3. The van der Waals surface area contributed by atoms with Crippen LogP contribution >= 0.6 is 0 Å². The summed E-state index contributed by atoms with van der Waals surface area (Å²) in [5, 5.41) is 11.7. The van der Waals surface area contributed by atoms with Gasteiger partial charge in [-0.15, -0.1) is 0 Å². The second-order valence-corrected chi connectivity index (χ2v) is 4.52. The fourth-order valence-electron chi connectivity index (χ4n) is 2.24. The van der Waals surface area contributed by atoms with E-state index in [1.165, 1.54) is 16.8 Å². The summed E-state index contributed by atoms with van der Waals surface area (Å²) >= 11 is 0. The average Bonchev–Trinajstić information content (AvgIpc) is 2.84. The predicted molar refractivity (Wildman–Crippen MR) is 65.8 cm³/mol. The highest BCUT2D eigenvalue weighted by Crippen LogP contribution is 2.17. The van der Waals surface area contributed by atoms with Crippen LogP contribution in [0.15, 0.2) is 23.1 Å². The van der Waals surface area contributed by atoms with Crippen molar-refractivity contribution in [3.63, 3.8) is 0 Å². The SMILES string of the molecule is N#Cc1cccn(CC(=O)NC2CCCC2)c1=O. The minimum atomic E-state index is -0.415. The van der Waals surface area contributed by atoms with Crippen LogP contribution < -0.4 is 10.9 Å². The lowest BCUT2D eigenvalue weighted by atomic mass is 10.2. The van der Waals surface area contributed by atoms with Crippen LogP contribution in [0, 0.1) is 11.3 Å². The van der Waals surface area contributed by atoms with Gasteiger partial charge in [-0.05, 0) is 25.0 Å². The molecule has 1 aromatic rings. The Bertz CT molecular complexity index is 536. The Hall–Kier alpha value is -2.09. The molecule has 1 saturated carbocycles. The van der Waals surface area contributed by atoms with E-state index in [2.05, 4.69) is 5.32 Å². The predicted octanol–water partition coefficient (Wildman–Crippen LogP) is 0.779. The van der Waals surface area contributed by atoms with Crippen molar-refractivity contribution < 1.29 is 4.79 Å². The molecule has 0 bridgehead atoms. The van der Waals surface area contributed by atoms with Crippen LogP contribution in [0.25, 0.3) is 0 Å². The van der Waals surface area contributed by atoms with Gasteiger partial charge >= 0.3 is 0 Å². The van der Waals surface area contributed by atoms with E-state index in [-0.39, 0.29) is 24.1 Å².